The van der Waals surface area contributed by atoms with Gasteiger partial charge >= 0.3 is 0 Å². The first-order valence-electron chi connectivity index (χ1n) is 7.93. The minimum absolute atomic E-state index is 0.155. The zero-order valence-corrected chi connectivity index (χ0v) is 13.0. The standard InChI is InChI=1S/C17H25N3O/c1-3-18-16(21)12-20-10-14-9-19(2)17(15(14)11-20)13-7-5-4-6-8-13/h4-8,14-15,17H,3,9-12H2,1-2H3,(H,18,21). The van der Waals surface area contributed by atoms with Crippen molar-refractivity contribution in [1.82, 2.24) is 15.1 Å². The smallest absolute Gasteiger partial charge is 0.234 e. The van der Waals surface area contributed by atoms with Gasteiger partial charge in [-0.2, -0.15) is 0 Å². The molecule has 2 fully saturated rings. The largest absolute Gasteiger partial charge is 0.355 e. The van der Waals surface area contributed by atoms with Gasteiger partial charge in [0.25, 0.3) is 0 Å². The molecule has 2 heterocycles. The van der Waals surface area contributed by atoms with Gasteiger partial charge in [0.1, 0.15) is 0 Å². The first kappa shape index (κ1) is 14.5. The second-order valence-corrected chi connectivity index (χ2v) is 6.37. The van der Waals surface area contributed by atoms with Crippen LogP contribution in [-0.4, -0.2) is 55.5 Å². The van der Waals surface area contributed by atoms with E-state index in [-0.39, 0.29) is 5.91 Å². The van der Waals surface area contributed by atoms with E-state index in [2.05, 4.69) is 52.5 Å². The molecule has 0 aromatic heterocycles. The van der Waals surface area contributed by atoms with E-state index in [0.29, 0.717) is 24.4 Å². The highest BCUT2D eigenvalue weighted by atomic mass is 16.2. The quantitative estimate of drug-likeness (QED) is 0.908. The van der Waals surface area contributed by atoms with Crippen LogP contribution in [0.3, 0.4) is 0 Å². The summed E-state index contributed by atoms with van der Waals surface area (Å²) in [4.78, 5) is 16.6. The molecule has 0 aliphatic carbocycles. The van der Waals surface area contributed by atoms with Gasteiger partial charge in [0.15, 0.2) is 0 Å². The molecule has 21 heavy (non-hydrogen) atoms. The van der Waals surface area contributed by atoms with Gasteiger partial charge in [-0.25, -0.2) is 0 Å². The van der Waals surface area contributed by atoms with Crippen molar-refractivity contribution in [3.05, 3.63) is 35.9 Å². The number of rotatable bonds is 4. The molecule has 0 saturated carbocycles. The Morgan fingerprint density at radius 2 is 2.00 bits per heavy atom. The summed E-state index contributed by atoms with van der Waals surface area (Å²) in [7, 11) is 2.23. The van der Waals surface area contributed by atoms with E-state index < -0.39 is 0 Å². The summed E-state index contributed by atoms with van der Waals surface area (Å²) < 4.78 is 0. The van der Waals surface area contributed by atoms with Gasteiger partial charge in [-0.3, -0.25) is 14.6 Å². The van der Waals surface area contributed by atoms with Crippen molar-refractivity contribution in [1.29, 1.82) is 0 Å². The lowest BCUT2D eigenvalue weighted by Gasteiger charge is -2.26. The number of benzene rings is 1. The molecule has 4 nitrogen and oxygen atoms in total. The molecular formula is C17H25N3O. The van der Waals surface area contributed by atoms with E-state index >= 15 is 0 Å². The van der Waals surface area contributed by atoms with Crippen LogP contribution in [-0.2, 0) is 4.79 Å². The summed E-state index contributed by atoms with van der Waals surface area (Å²) in [5.41, 5.74) is 1.41. The average molecular weight is 287 g/mol. The van der Waals surface area contributed by atoms with Gasteiger partial charge < -0.3 is 5.32 Å². The molecule has 0 radical (unpaired) electrons. The normalized spacial score (nSPS) is 29.5. The number of nitrogens with one attached hydrogen (secondary N) is 1. The van der Waals surface area contributed by atoms with Crippen LogP contribution >= 0.6 is 0 Å². The number of nitrogens with zero attached hydrogens (tertiary/aromatic N) is 2. The summed E-state index contributed by atoms with van der Waals surface area (Å²) >= 11 is 0. The number of carbonyl (C=O) groups is 1. The van der Waals surface area contributed by atoms with Crippen molar-refractivity contribution in [3.63, 3.8) is 0 Å². The van der Waals surface area contributed by atoms with Crippen molar-refractivity contribution in [2.24, 2.45) is 11.8 Å². The molecule has 3 unspecified atom stereocenters. The maximum absolute atomic E-state index is 11.8. The van der Waals surface area contributed by atoms with Gasteiger partial charge in [-0.05, 0) is 31.4 Å². The predicted octanol–water partition coefficient (Wildman–Crippen LogP) is 1.36. The molecule has 4 heteroatoms. The van der Waals surface area contributed by atoms with E-state index in [0.717, 1.165) is 26.2 Å². The summed E-state index contributed by atoms with van der Waals surface area (Å²) in [6.45, 7) is 6.45. The molecule has 2 saturated heterocycles. The highest BCUT2D eigenvalue weighted by molar-refractivity contribution is 5.77. The molecule has 1 amide bonds. The fraction of sp³-hybridized carbons (Fsp3) is 0.588. The van der Waals surface area contributed by atoms with E-state index in [4.69, 9.17) is 0 Å². The lowest BCUT2D eigenvalue weighted by atomic mass is 9.90. The van der Waals surface area contributed by atoms with E-state index in [1.165, 1.54) is 5.56 Å². The Balaban J connectivity index is 1.68. The highest BCUT2D eigenvalue weighted by Crippen LogP contribution is 2.43. The van der Waals surface area contributed by atoms with Crippen LogP contribution in [0.4, 0.5) is 0 Å². The van der Waals surface area contributed by atoms with Crippen LogP contribution in [0.2, 0.25) is 0 Å². The van der Waals surface area contributed by atoms with Crippen molar-refractivity contribution < 1.29 is 4.79 Å². The molecule has 2 aliphatic heterocycles. The Kier molecular flexibility index (Phi) is 4.27. The van der Waals surface area contributed by atoms with Crippen LogP contribution in [0, 0.1) is 11.8 Å². The van der Waals surface area contributed by atoms with Crippen molar-refractivity contribution in [2.45, 2.75) is 13.0 Å². The summed E-state index contributed by atoms with van der Waals surface area (Å²) in [6.07, 6.45) is 0. The Labute approximate surface area is 127 Å². The van der Waals surface area contributed by atoms with Crippen LogP contribution in [0.15, 0.2) is 30.3 Å². The third-order valence-corrected chi connectivity index (χ3v) is 4.85. The SMILES string of the molecule is CCNC(=O)CN1CC2CN(C)C(c3ccccc3)C2C1. The molecule has 0 spiro atoms. The summed E-state index contributed by atoms with van der Waals surface area (Å²) in [5.74, 6) is 1.49. The number of hydrogen-bond donors (Lipinski definition) is 1. The second kappa shape index (κ2) is 6.16. The summed E-state index contributed by atoms with van der Waals surface area (Å²) in [6, 6.07) is 11.3. The Bertz CT molecular complexity index is 490. The molecule has 0 bridgehead atoms. The minimum Gasteiger partial charge on any atom is -0.355 e. The van der Waals surface area contributed by atoms with Gasteiger partial charge in [-0.1, -0.05) is 30.3 Å². The van der Waals surface area contributed by atoms with E-state index in [9.17, 15) is 4.79 Å². The molecule has 2 aliphatic rings. The van der Waals surface area contributed by atoms with Gasteiger partial charge in [0, 0.05) is 32.2 Å². The highest BCUT2D eigenvalue weighted by Gasteiger charge is 2.46. The minimum atomic E-state index is 0.155. The Hall–Kier alpha value is -1.39. The average Bonchev–Trinajstić information content (AvgIpc) is 2.95. The Morgan fingerprint density at radius 3 is 2.71 bits per heavy atom. The lowest BCUT2D eigenvalue weighted by molar-refractivity contribution is -0.122. The third kappa shape index (κ3) is 2.97. The second-order valence-electron chi connectivity index (χ2n) is 6.37. The molecular weight excluding hydrogens is 262 g/mol. The fourth-order valence-corrected chi connectivity index (χ4v) is 4.09. The first-order valence-corrected chi connectivity index (χ1v) is 7.93. The number of likely N-dealkylation sites (N-methyl/N-ethyl adjacent to an activating group) is 1. The van der Waals surface area contributed by atoms with Crippen LogP contribution in [0.5, 0.6) is 0 Å². The summed E-state index contributed by atoms with van der Waals surface area (Å²) in [5, 5.41) is 2.90. The van der Waals surface area contributed by atoms with Crippen LogP contribution in [0.25, 0.3) is 0 Å². The van der Waals surface area contributed by atoms with Gasteiger partial charge in [0.05, 0.1) is 6.54 Å². The molecule has 3 atom stereocenters. The maximum atomic E-state index is 11.8. The van der Waals surface area contributed by atoms with Crippen molar-refractivity contribution >= 4 is 5.91 Å². The van der Waals surface area contributed by atoms with Gasteiger partial charge in [0.2, 0.25) is 5.91 Å². The lowest BCUT2D eigenvalue weighted by Crippen LogP contribution is -2.37. The Morgan fingerprint density at radius 1 is 1.24 bits per heavy atom. The topological polar surface area (TPSA) is 35.6 Å². The molecule has 114 valence electrons. The van der Waals surface area contributed by atoms with E-state index in [1.54, 1.807) is 0 Å². The first-order chi connectivity index (χ1) is 10.2. The predicted molar refractivity (Wildman–Crippen MR) is 83.9 cm³/mol. The van der Waals surface area contributed by atoms with Gasteiger partial charge in [-0.15, -0.1) is 0 Å². The number of carbonyl (C=O) groups excluding carboxylic acids is 1. The number of likely N-dealkylation sites (tertiary alicyclic amines) is 2. The monoisotopic (exact) mass is 287 g/mol. The molecule has 1 aromatic rings. The van der Waals surface area contributed by atoms with Crippen molar-refractivity contribution in [3.8, 4) is 0 Å². The molecule has 3 rings (SSSR count). The number of fused-ring (bicyclic) bond motifs is 1. The number of hydrogen-bond acceptors (Lipinski definition) is 3. The third-order valence-electron chi connectivity index (χ3n) is 4.85. The zero-order chi connectivity index (χ0) is 14.8. The fourth-order valence-electron chi connectivity index (χ4n) is 4.09. The van der Waals surface area contributed by atoms with Crippen LogP contribution in [0.1, 0.15) is 18.5 Å². The number of amides is 1. The molecule has 1 aromatic carbocycles. The zero-order valence-electron chi connectivity index (χ0n) is 13.0. The molecule has 1 N–H and O–H groups in total. The van der Waals surface area contributed by atoms with Crippen LogP contribution < -0.4 is 5.32 Å². The van der Waals surface area contributed by atoms with Crippen molar-refractivity contribution in [2.75, 3.05) is 39.8 Å². The van der Waals surface area contributed by atoms with E-state index in [1.807, 2.05) is 6.92 Å². The maximum Gasteiger partial charge on any atom is 0.234 e.